The molecule has 3 heterocycles. The van der Waals surface area contributed by atoms with Gasteiger partial charge in [-0.2, -0.15) is 36.4 Å². The maximum absolute atomic E-state index is 13.6. The minimum absolute atomic E-state index is 0.125. The first kappa shape index (κ1) is 27.3. The Bertz CT molecular complexity index is 1480. The zero-order valence-electron chi connectivity index (χ0n) is 20.8. The number of amidine groups is 1. The Balaban J connectivity index is 1.37. The molecular formula is C26H23F6N5OS. The summed E-state index contributed by atoms with van der Waals surface area (Å²) >= 11 is 1.30. The minimum Gasteiger partial charge on any atom is -0.348 e. The molecule has 1 saturated heterocycles. The third-order valence-corrected chi connectivity index (χ3v) is 7.51. The van der Waals surface area contributed by atoms with Gasteiger partial charge in [-0.25, -0.2) is 0 Å². The van der Waals surface area contributed by atoms with E-state index >= 15 is 0 Å². The molecule has 2 atom stereocenters. The summed E-state index contributed by atoms with van der Waals surface area (Å²) in [5.41, 5.74) is -1.88. The van der Waals surface area contributed by atoms with Crippen molar-refractivity contribution < 1.29 is 31.1 Å². The molecule has 1 fully saturated rings. The summed E-state index contributed by atoms with van der Waals surface area (Å²) in [5, 5.41) is 8.85. The molecule has 2 aromatic carbocycles. The predicted molar refractivity (Wildman–Crippen MR) is 137 cm³/mol. The number of rotatable bonds is 3. The van der Waals surface area contributed by atoms with E-state index in [0.29, 0.717) is 32.6 Å². The normalized spacial score (nSPS) is 21.7. The number of nitrogens with one attached hydrogen (secondary N) is 1. The first-order valence-electron chi connectivity index (χ1n) is 12.0. The van der Waals surface area contributed by atoms with Crippen LogP contribution in [-0.2, 0) is 23.7 Å². The predicted octanol–water partition coefficient (Wildman–Crippen LogP) is 5.77. The van der Waals surface area contributed by atoms with Crippen LogP contribution in [0.25, 0.3) is 17.0 Å². The van der Waals surface area contributed by atoms with Crippen molar-refractivity contribution in [2.45, 2.75) is 44.8 Å². The van der Waals surface area contributed by atoms with Crippen LogP contribution in [0.2, 0.25) is 0 Å². The molecule has 0 bridgehead atoms. The Morgan fingerprint density at radius 3 is 2.41 bits per heavy atom. The Kier molecular flexibility index (Phi) is 7.00. The van der Waals surface area contributed by atoms with E-state index in [0.717, 1.165) is 19.2 Å². The smallest absolute Gasteiger partial charge is 0.348 e. The third-order valence-electron chi connectivity index (χ3n) is 6.46. The summed E-state index contributed by atoms with van der Waals surface area (Å²) in [4.78, 5) is 19.3. The van der Waals surface area contributed by atoms with E-state index in [1.807, 2.05) is 0 Å². The van der Waals surface area contributed by atoms with Gasteiger partial charge in [0.1, 0.15) is 0 Å². The van der Waals surface area contributed by atoms with Gasteiger partial charge in [-0.1, -0.05) is 12.1 Å². The largest absolute Gasteiger partial charge is 0.416 e. The lowest BCUT2D eigenvalue weighted by atomic mass is 10.0. The molecule has 13 heteroatoms. The van der Waals surface area contributed by atoms with E-state index in [9.17, 15) is 31.1 Å². The topological polar surface area (TPSA) is 62.5 Å². The first-order valence-corrected chi connectivity index (χ1v) is 12.9. The summed E-state index contributed by atoms with van der Waals surface area (Å²) in [7, 11) is 0. The fourth-order valence-electron chi connectivity index (χ4n) is 4.80. The SMILES string of the molecule is C[C@@H]1CN(C2=NC(=O)C(=Cc3ccc4c(cnn4Cc4ccc(C(F)(F)F)cc4C(F)(F)F)c3)S2)C[C@H](C)N1. The van der Waals surface area contributed by atoms with Crippen LogP contribution in [0.4, 0.5) is 26.3 Å². The summed E-state index contributed by atoms with van der Waals surface area (Å²) in [6.07, 6.45) is -6.70. The molecule has 0 radical (unpaired) electrons. The molecule has 1 N–H and O–H groups in total. The fourth-order valence-corrected chi connectivity index (χ4v) is 5.74. The van der Waals surface area contributed by atoms with Crippen molar-refractivity contribution in [1.82, 2.24) is 20.0 Å². The molecule has 206 valence electrons. The quantitative estimate of drug-likeness (QED) is 0.322. The number of thioether (sulfide) groups is 1. The van der Waals surface area contributed by atoms with E-state index < -0.39 is 23.5 Å². The van der Waals surface area contributed by atoms with Crippen LogP contribution >= 0.6 is 11.8 Å². The van der Waals surface area contributed by atoms with Crippen LogP contribution in [0, 0.1) is 0 Å². The number of hydrogen-bond donors (Lipinski definition) is 1. The lowest BCUT2D eigenvalue weighted by Crippen LogP contribution is -2.55. The molecule has 39 heavy (non-hydrogen) atoms. The van der Waals surface area contributed by atoms with E-state index in [2.05, 4.69) is 34.2 Å². The van der Waals surface area contributed by atoms with Crippen molar-refractivity contribution in [3.8, 4) is 0 Å². The van der Waals surface area contributed by atoms with Crippen molar-refractivity contribution in [2.75, 3.05) is 13.1 Å². The Labute approximate surface area is 223 Å². The maximum atomic E-state index is 13.6. The van der Waals surface area contributed by atoms with Crippen molar-refractivity contribution in [2.24, 2.45) is 4.99 Å². The highest BCUT2D eigenvalue weighted by Gasteiger charge is 2.38. The van der Waals surface area contributed by atoms with E-state index in [1.165, 1.54) is 22.6 Å². The number of amides is 1. The molecule has 0 unspecified atom stereocenters. The molecule has 0 saturated carbocycles. The van der Waals surface area contributed by atoms with Crippen molar-refractivity contribution in [3.05, 3.63) is 69.8 Å². The molecular weight excluding hydrogens is 544 g/mol. The number of hydrogen-bond acceptors (Lipinski definition) is 5. The number of carbonyl (C=O) groups excluding carboxylic acids is 1. The van der Waals surface area contributed by atoms with Gasteiger partial charge in [-0.3, -0.25) is 9.48 Å². The molecule has 5 rings (SSSR count). The number of fused-ring (bicyclic) bond motifs is 1. The molecule has 2 aliphatic heterocycles. The minimum atomic E-state index is -4.97. The average molecular weight is 568 g/mol. The zero-order chi connectivity index (χ0) is 28.1. The summed E-state index contributed by atoms with van der Waals surface area (Å²) < 4.78 is 81.0. The number of benzene rings is 2. The monoisotopic (exact) mass is 567 g/mol. The van der Waals surface area contributed by atoms with Gasteiger partial charge in [-0.15, -0.1) is 0 Å². The number of piperazine rings is 1. The van der Waals surface area contributed by atoms with Gasteiger partial charge < -0.3 is 10.2 Å². The number of alkyl halides is 6. The Morgan fingerprint density at radius 1 is 1.03 bits per heavy atom. The lowest BCUT2D eigenvalue weighted by Gasteiger charge is -2.36. The lowest BCUT2D eigenvalue weighted by molar-refractivity contribution is -0.143. The van der Waals surface area contributed by atoms with Gasteiger partial charge in [0.05, 0.1) is 34.3 Å². The first-order chi connectivity index (χ1) is 18.3. The maximum Gasteiger partial charge on any atom is 0.416 e. The van der Waals surface area contributed by atoms with Crippen LogP contribution in [0.15, 0.2) is 52.5 Å². The Morgan fingerprint density at radius 2 is 1.74 bits per heavy atom. The molecule has 3 aromatic rings. The molecule has 1 amide bonds. The highest BCUT2D eigenvalue weighted by atomic mass is 32.2. The van der Waals surface area contributed by atoms with Crippen LogP contribution in [-0.4, -0.2) is 50.9 Å². The second-order valence-corrected chi connectivity index (χ2v) is 10.7. The highest BCUT2D eigenvalue weighted by Crippen LogP contribution is 2.38. The average Bonchev–Trinajstić information content (AvgIpc) is 3.40. The molecule has 1 aromatic heterocycles. The van der Waals surface area contributed by atoms with E-state index in [1.54, 1.807) is 24.3 Å². The highest BCUT2D eigenvalue weighted by molar-refractivity contribution is 8.18. The molecule has 2 aliphatic rings. The zero-order valence-corrected chi connectivity index (χ0v) is 21.6. The third kappa shape index (κ3) is 5.83. The summed E-state index contributed by atoms with van der Waals surface area (Å²) in [5.74, 6) is -0.341. The molecule has 0 spiro atoms. The number of carbonyl (C=O) groups is 1. The Hall–Kier alpha value is -3.32. The van der Waals surface area contributed by atoms with Gasteiger partial charge in [0.25, 0.3) is 5.91 Å². The number of aromatic nitrogens is 2. The number of halogens is 6. The van der Waals surface area contributed by atoms with Crippen LogP contribution in [0.1, 0.15) is 36.1 Å². The van der Waals surface area contributed by atoms with Gasteiger partial charge >= 0.3 is 12.4 Å². The molecule has 6 nitrogen and oxygen atoms in total. The van der Waals surface area contributed by atoms with E-state index in [4.69, 9.17) is 0 Å². The number of nitrogens with zero attached hydrogens (tertiary/aromatic N) is 4. The van der Waals surface area contributed by atoms with Crippen molar-refractivity contribution in [3.63, 3.8) is 0 Å². The second kappa shape index (κ2) is 10.0. The van der Waals surface area contributed by atoms with Gasteiger partial charge in [-0.05, 0) is 67.1 Å². The van der Waals surface area contributed by atoms with Crippen LogP contribution in [0.5, 0.6) is 0 Å². The van der Waals surface area contributed by atoms with Crippen molar-refractivity contribution in [1.29, 1.82) is 0 Å². The van der Waals surface area contributed by atoms with Crippen LogP contribution in [0.3, 0.4) is 0 Å². The number of aliphatic imine (C=N–C) groups is 1. The van der Waals surface area contributed by atoms with Crippen LogP contribution < -0.4 is 5.32 Å². The summed E-state index contributed by atoms with van der Waals surface area (Å²) in [6, 6.07) is 7.20. The molecule has 0 aliphatic carbocycles. The standard InChI is InChI=1S/C26H23F6N5OS/c1-14-11-36(12-15(2)34-14)24-35-23(38)22(39-24)8-16-3-6-21-18(7-16)10-33-37(21)13-17-4-5-19(25(27,28)29)9-20(17)26(30,31)32/h3-10,14-15,34H,11-13H2,1-2H3/t14-,15+. The second-order valence-electron chi connectivity index (χ2n) is 9.67. The summed E-state index contributed by atoms with van der Waals surface area (Å²) in [6.45, 7) is 5.23. The van der Waals surface area contributed by atoms with Crippen molar-refractivity contribution >= 4 is 39.8 Å². The fraction of sp³-hybridized carbons (Fsp3) is 0.346. The van der Waals surface area contributed by atoms with E-state index in [-0.39, 0.29) is 36.2 Å². The van der Waals surface area contributed by atoms with Gasteiger partial charge in [0.15, 0.2) is 5.17 Å². The van der Waals surface area contributed by atoms with Gasteiger partial charge in [0, 0.05) is 30.6 Å². The van der Waals surface area contributed by atoms with Gasteiger partial charge in [0.2, 0.25) is 0 Å².